The summed E-state index contributed by atoms with van der Waals surface area (Å²) in [5.74, 6) is 0.588. The molecule has 2 amide bonds. The number of nitrogens with zero attached hydrogens (tertiary/aromatic N) is 4. The lowest BCUT2D eigenvalue weighted by Crippen LogP contribution is -2.35. The number of anilines is 1. The Hall–Kier alpha value is -2.78. The van der Waals surface area contributed by atoms with Crippen LogP contribution in [0.4, 0.5) is 5.82 Å². The zero-order chi connectivity index (χ0) is 21.3. The van der Waals surface area contributed by atoms with Crippen molar-refractivity contribution < 1.29 is 19.1 Å². The fourth-order valence-electron chi connectivity index (χ4n) is 4.19. The number of rotatable bonds is 1. The molecule has 2 aromatic heterocycles. The van der Waals surface area contributed by atoms with E-state index in [2.05, 4.69) is 10.1 Å². The van der Waals surface area contributed by atoms with Gasteiger partial charge in [0.05, 0.1) is 18.9 Å². The third-order valence-corrected chi connectivity index (χ3v) is 5.80. The van der Waals surface area contributed by atoms with Crippen LogP contribution in [0.1, 0.15) is 53.0 Å². The molecule has 0 bridgehead atoms. The number of aromatic nitrogens is 3. The number of ether oxygens (including phenoxy) is 2. The van der Waals surface area contributed by atoms with Gasteiger partial charge in [-0.2, -0.15) is 5.10 Å². The zero-order valence-corrected chi connectivity index (χ0v) is 17.4. The van der Waals surface area contributed by atoms with Gasteiger partial charge in [-0.05, 0) is 37.8 Å². The largest absolute Gasteiger partial charge is 0.378 e. The predicted octanol–water partition coefficient (Wildman–Crippen LogP) is 1.66. The molecule has 0 saturated carbocycles. The molecule has 9 heteroatoms. The summed E-state index contributed by atoms with van der Waals surface area (Å²) in [7, 11) is 1.81. The summed E-state index contributed by atoms with van der Waals surface area (Å²) in [6.07, 6.45) is 5.07. The Morgan fingerprint density at radius 1 is 1.30 bits per heavy atom. The molecular weight excluding hydrogens is 386 g/mol. The van der Waals surface area contributed by atoms with Crippen molar-refractivity contribution in [3.05, 3.63) is 40.8 Å². The molecular formula is C21H27N5O4. The Morgan fingerprint density at radius 3 is 2.87 bits per heavy atom. The first-order valence-electron chi connectivity index (χ1n) is 10.2. The number of aryl methyl sites for hydroxylation is 2. The van der Waals surface area contributed by atoms with Gasteiger partial charge in [-0.3, -0.25) is 14.6 Å². The van der Waals surface area contributed by atoms with Crippen LogP contribution in [0, 0.1) is 6.92 Å². The molecule has 0 aliphatic carbocycles. The Balaban J connectivity index is 0.000000151. The standard InChI is InChI=1S/C12H14N2O3.C9H13N3O/c13-11(15)10-4-9-8(5-14-10)6-17-12(9)2-1-3-16-7-12;1-7-6-8-11(2)9(13)4-3-5-12(8)10-7/h4-5H,1-3,6-7H2,(H2,13,15);6H,3-5H2,1-2H3. The minimum absolute atomic E-state index is 0.179. The minimum atomic E-state index is -0.508. The van der Waals surface area contributed by atoms with Crippen molar-refractivity contribution >= 4 is 17.6 Å². The topological polar surface area (TPSA) is 113 Å². The van der Waals surface area contributed by atoms with Crippen LogP contribution in [0.15, 0.2) is 18.3 Å². The van der Waals surface area contributed by atoms with Crippen LogP contribution in [-0.2, 0) is 33.0 Å². The molecule has 9 nitrogen and oxygen atoms in total. The van der Waals surface area contributed by atoms with Gasteiger partial charge < -0.3 is 20.1 Å². The van der Waals surface area contributed by atoms with Crippen molar-refractivity contribution in [2.75, 3.05) is 25.2 Å². The molecule has 30 heavy (non-hydrogen) atoms. The van der Waals surface area contributed by atoms with Gasteiger partial charge in [-0.1, -0.05) is 0 Å². The average Bonchev–Trinajstić information content (AvgIpc) is 3.25. The molecule has 0 radical (unpaired) electrons. The van der Waals surface area contributed by atoms with E-state index in [9.17, 15) is 9.59 Å². The molecule has 5 heterocycles. The second kappa shape index (κ2) is 8.16. The number of nitrogens with two attached hydrogens (primary N) is 1. The van der Waals surface area contributed by atoms with Crippen LogP contribution in [0.25, 0.3) is 0 Å². The lowest BCUT2D eigenvalue weighted by Gasteiger charge is -2.33. The second-order valence-corrected chi connectivity index (χ2v) is 7.95. The normalized spacial score (nSPS) is 22.7. The van der Waals surface area contributed by atoms with Crippen LogP contribution in [0.2, 0.25) is 0 Å². The number of amides is 2. The summed E-state index contributed by atoms with van der Waals surface area (Å²) < 4.78 is 13.3. The van der Waals surface area contributed by atoms with Crippen LogP contribution in [0.3, 0.4) is 0 Å². The van der Waals surface area contributed by atoms with E-state index in [1.54, 1.807) is 24.2 Å². The third kappa shape index (κ3) is 3.82. The summed E-state index contributed by atoms with van der Waals surface area (Å²) in [4.78, 5) is 28.4. The van der Waals surface area contributed by atoms with Crippen LogP contribution in [-0.4, -0.2) is 46.8 Å². The number of carbonyl (C=O) groups is 2. The Kier molecular flexibility index (Phi) is 5.57. The number of carbonyl (C=O) groups excluding carboxylic acids is 2. The number of hydrogen-bond donors (Lipinski definition) is 1. The van der Waals surface area contributed by atoms with Gasteiger partial charge in [0.25, 0.3) is 5.91 Å². The number of hydrogen-bond acceptors (Lipinski definition) is 6. The molecule has 1 unspecified atom stereocenters. The van der Waals surface area contributed by atoms with Gasteiger partial charge in [0, 0.05) is 44.4 Å². The van der Waals surface area contributed by atoms with E-state index in [1.807, 2.05) is 17.7 Å². The van der Waals surface area contributed by atoms with Crippen LogP contribution >= 0.6 is 0 Å². The fourth-order valence-corrected chi connectivity index (χ4v) is 4.19. The van der Waals surface area contributed by atoms with Crippen molar-refractivity contribution in [1.29, 1.82) is 0 Å². The zero-order valence-electron chi connectivity index (χ0n) is 17.4. The number of pyridine rings is 1. The molecule has 1 fully saturated rings. The molecule has 3 aliphatic rings. The lowest BCUT2D eigenvalue weighted by molar-refractivity contribution is -0.126. The lowest BCUT2D eigenvalue weighted by atomic mass is 9.88. The Morgan fingerprint density at radius 2 is 2.13 bits per heavy atom. The molecule has 0 aromatic carbocycles. The number of primary amides is 1. The van der Waals surface area contributed by atoms with Crippen molar-refractivity contribution in [2.24, 2.45) is 5.73 Å². The first-order chi connectivity index (χ1) is 14.4. The van der Waals surface area contributed by atoms with E-state index >= 15 is 0 Å². The summed E-state index contributed by atoms with van der Waals surface area (Å²) in [5, 5.41) is 4.32. The molecule has 3 aliphatic heterocycles. The molecule has 2 N–H and O–H groups in total. The molecule has 2 aromatic rings. The first-order valence-corrected chi connectivity index (χ1v) is 10.2. The van der Waals surface area contributed by atoms with Crippen molar-refractivity contribution in [3.8, 4) is 0 Å². The van der Waals surface area contributed by atoms with Crippen molar-refractivity contribution in [1.82, 2.24) is 14.8 Å². The van der Waals surface area contributed by atoms with E-state index in [0.717, 1.165) is 55.1 Å². The summed E-state index contributed by atoms with van der Waals surface area (Å²) in [6, 6.07) is 3.70. The van der Waals surface area contributed by atoms with Gasteiger partial charge in [-0.25, -0.2) is 4.68 Å². The van der Waals surface area contributed by atoms with E-state index < -0.39 is 5.91 Å². The number of fused-ring (bicyclic) bond motifs is 3. The maximum Gasteiger partial charge on any atom is 0.267 e. The SMILES string of the molecule is Cc1cc2n(n1)CCCC(=O)N2C.NC(=O)c1cc2c(cn1)COC21CCCOC1. The van der Waals surface area contributed by atoms with Gasteiger partial charge in [-0.15, -0.1) is 0 Å². The van der Waals surface area contributed by atoms with Gasteiger partial charge >= 0.3 is 0 Å². The Labute approximate surface area is 175 Å². The maximum absolute atomic E-state index is 11.5. The highest BCUT2D eigenvalue weighted by Gasteiger charge is 2.42. The van der Waals surface area contributed by atoms with Gasteiger partial charge in [0.2, 0.25) is 5.91 Å². The summed E-state index contributed by atoms with van der Waals surface area (Å²) in [6.45, 7) is 4.64. The summed E-state index contributed by atoms with van der Waals surface area (Å²) >= 11 is 0. The van der Waals surface area contributed by atoms with E-state index in [1.165, 1.54) is 0 Å². The van der Waals surface area contributed by atoms with Crippen molar-refractivity contribution in [3.63, 3.8) is 0 Å². The minimum Gasteiger partial charge on any atom is -0.378 e. The van der Waals surface area contributed by atoms with Crippen molar-refractivity contribution in [2.45, 2.75) is 51.4 Å². The molecule has 1 spiro atoms. The van der Waals surface area contributed by atoms with Crippen LogP contribution < -0.4 is 10.6 Å². The highest BCUT2D eigenvalue weighted by atomic mass is 16.5. The first kappa shape index (κ1) is 20.5. The van der Waals surface area contributed by atoms with Crippen LogP contribution in [0.5, 0.6) is 0 Å². The summed E-state index contributed by atoms with van der Waals surface area (Å²) in [5.41, 5.74) is 8.17. The predicted molar refractivity (Wildman–Crippen MR) is 109 cm³/mol. The van der Waals surface area contributed by atoms with E-state index in [-0.39, 0.29) is 11.5 Å². The molecule has 1 atom stereocenters. The average molecular weight is 413 g/mol. The van der Waals surface area contributed by atoms with E-state index in [4.69, 9.17) is 15.2 Å². The van der Waals surface area contributed by atoms with Gasteiger partial charge in [0.15, 0.2) is 0 Å². The highest BCUT2D eigenvalue weighted by Crippen LogP contribution is 2.42. The molecule has 160 valence electrons. The van der Waals surface area contributed by atoms with E-state index in [0.29, 0.717) is 25.3 Å². The fraction of sp³-hybridized carbons (Fsp3) is 0.524. The monoisotopic (exact) mass is 413 g/mol. The van der Waals surface area contributed by atoms with Gasteiger partial charge in [0.1, 0.15) is 17.1 Å². The Bertz CT molecular complexity index is 959. The maximum atomic E-state index is 11.5. The smallest absolute Gasteiger partial charge is 0.267 e. The molecule has 1 saturated heterocycles. The second-order valence-electron chi connectivity index (χ2n) is 7.95. The quantitative estimate of drug-likeness (QED) is 0.761. The third-order valence-electron chi connectivity index (χ3n) is 5.80. The molecule has 5 rings (SSSR count). The highest BCUT2D eigenvalue weighted by molar-refractivity contribution is 5.92.